The zero-order valence-corrected chi connectivity index (χ0v) is 14.8. The van der Waals surface area contributed by atoms with E-state index in [4.69, 9.17) is 0 Å². The van der Waals surface area contributed by atoms with E-state index in [0.717, 1.165) is 34.0 Å². The Balaban J connectivity index is 2.16. The minimum absolute atomic E-state index is 0.112. The summed E-state index contributed by atoms with van der Waals surface area (Å²) in [7, 11) is 0. The summed E-state index contributed by atoms with van der Waals surface area (Å²) >= 11 is 10.5. The first-order chi connectivity index (χ1) is 8.49. The second-order valence-corrected chi connectivity index (χ2v) is 7.60. The summed E-state index contributed by atoms with van der Waals surface area (Å²) in [5.41, 5.74) is 0.735. The van der Waals surface area contributed by atoms with Crippen molar-refractivity contribution in [1.29, 1.82) is 0 Å². The van der Waals surface area contributed by atoms with Gasteiger partial charge < -0.3 is 4.90 Å². The molecule has 1 aromatic rings. The average Bonchev–Trinajstić information content (AvgIpc) is 2.32. The molecule has 1 amide bonds. The number of likely N-dealkylation sites (tertiary alicyclic amines) is 1. The molecule has 0 bridgehead atoms. The van der Waals surface area contributed by atoms with Crippen LogP contribution in [-0.4, -0.2) is 28.7 Å². The summed E-state index contributed by atoms with van der Waals surface area (Å²) in [6.45, 7) is 3.81. The van der Waals surface area contributed by atoms with Crippen molar-refractivity contribution < 1.29 is 4.79 Å². The zero-order chi connectivity index (χ0) is 13.3. The number of amides is 1. The molecule has 98 valence electrons. The molecule has 2 atom stereocenters. The van der Waals surface area contributed by atoms with Crippen LogP contribution in [-0.2, 0) is 0 Å². The van der Waals surface area contributed by atoms with Crippen LogP contribution in [0.15, 0.2) is 27.1 Å². The van der Waals surface area contributed by atoms with Gasteiger partial charge in [-0.3, -0.25) is 4.79 Å². The van der Waals surface area contributed by atoms with E-state index in [2.05, 4.69) is 54.7 Å². The summed E-state index contributed by atoms with van der Waals surface area (Å²) in [4.78, 5) is 14.9. The largest absolute Gasteiger partial charge is 0.338 e. The average molecular weight is 440 g/mol. The van der Waals surface area contributed by atoms with Gasteiger partial charge in [-0.1, -0.05) is 38.8 Å². The Morgan fingerprint density at radius 1 is 1.39 bits per heavy atom. The van der Waals surface area contributed by atoms with Crippen LogP contribution in [0.1, 0.15) is 23.7 Å². The Kier molecular flexibility index (Phi) is 4.89. The van der Waals surface area contributed by atoms with Crippen LogP contribution in [0.3, 0.4) is 0 Å². The quantitative estimate of drug-likeness (QED) is 0.592. The molecule has 1 heterocycles. The third-order valence-corrected chi connectivity index (χ3v) is 5.76. The third kappa shape index (κ3) is 3.17. The first kappa shape index (κ1) is 14.5. The lowest BCUT2D eigenvalue weighted by Gasteiger charge is -2.34. The van der Waals surface area contributed by atoms with Crippen molar-refractivity contribution in [2.75, 3.05) is 13.1 Å². The van der Waals surface area contributed by atoms with E-state index in [9.17, 15) is 4.79 Å². The number of carbonyl (C=O) groups is 1. The summed E-state index contributed by atoms with van der Waals surface area (Å²) in [6.07, 6.45) is 1.01. The molecule has 0 N–H and O–H groups in total. The number of carbonyl (C=O) groups excluding carboxylic acids is 1. The number of piperidine rings is 1. The molecule has 18 heavy (non-hydrogen) atoms. The number of halogens is 3. The highest BCUT2D eigenvalue weighted by molar-refractivity contribution is 9.11. The lowest BCUT2D eigenvalue weighted by Crippen LogP contribution is -2.43. The van der Waals surface area contributed by atoms with Crippen molar-refractivity contribution in [1.82, 2.24) is 4.90 Å². The van der Waals surface area contributed by atoms with Gasteiger partial charge in [-0.25, -0.2) is 0 Å². The molecule has 0 radical (unpaired) electrons. The number of hydrogen-bond donors (Lipinski definition) is 0. The Hall–Kier alpha value is 0.130. The zero-order valence-electron chi connectivity index (χ0n) is 10.00. The van der Waals surface area contributed by atoms with Gasteiger partial charge in [0, 0.05) is 26.9 Å². The fraction of sp³-hybridized carbons (Fsp3) is 0.462. The number of nitrogens with zero attached hydrogens (tertiary/aromatic N) is 1. The van der Waals surface area contributed by atoms with E-state index in [1.165, 1.54) is 0 Å². The van der Waals surface area contributed by atoms with Gasteiger partial charge in [-0.15, -0.1) is 0 Å². The molecule has 1 aliphatic heterocycles. The van der Waals surface area contributed by atoms with Gasteiger partial charge in [-0.2, -0.15) is 0 Å². The minimum atomic E-state index is 0.112. The van der Waals surface area contributed by atoms with E-state index in [0.29, 0.717) is 10.7 Å². The Labute approximate surface area is 133 Å². The van der Waals surface area contributed by atoms with Crippen LogP contribution in [0.4, 0.5) is 0 Å². The summed E-state index contributed by atoms with van der Waals surface area (Å²) in [5, 5.41) is 0. The lowest BCUT2D eigenvalue weighted by atomic mass is 9.99. The Morgan fingerprint density at radius 2 is 2.11 bits per heavy atom. The van der Waals surface area contributed by atoms with Crippen molar-refractivity contribution in [2.24, 2.45) is 5.92 Å². The molecular formula is C13H14Br3NO. The predicted octanol–water partition coefficient (Wildman–Crippen LogP) is 4.46. The number of hydrogen-bond acceptors (Lipinski definition) is 1. The molecule has 1 aromatic carbocycles. The van der Waals surface area contributed by atoms with Gasteiger partial charge in [0.25, 0.3) is 5.91 Å². The van der Waals surface area contributed by atoms with Crippen LogP contribution in [0, 0.1) is 5.92 Å². The van der Waals surface area contributed by atoms with Crippen LogP contribution >= 0.6 is 47.8 Å². The minimum Gasteiger partial charge on any atom is -0.338 e. The summed E-state index contributed by atoms with van der Waals surface area (Å²) in [6, 6.07) is 5.67. The van der Waals surface area contributed by atoms with Gasteiger partial charge in [0.2, 0.25) is 0 Å². The highest BCUT2D eigenvalue weighted by Gasteiger charge is 2.28. The molecule has 2 rings (SSSR count). The van der Waals surface area contributed by atoms with Gasteiger partial charge in [-0.05, 0) is 46.5 Å². The molecule has 0 spiro atoms. The van der Waals surface area contributed by atoms with Crippen LogP contribution in [0.5, 0.6) is 0 Å². The monoisotopic (exact) mass is 437 g/mol. The second-order valence-electron chi connectivity index (χ2n) is 4.66. The van der Waals surface area contributed by atoms with Gasteiger partial charge in [0.05, 0.1) is 5.56 Å². The molecule has 0 aromatic heterocycles. The molecule has 2 nitrogen and oxygen atoms in total. The van der Waals surface area contributed by atoms with Crippen molar-refractivity contribution in [2.45, 2.75) is 18.2 Å². The molecule has 1 fully saturated rings. The summed E-state index contributed by atoms with van der Waals surface area (Å²) < 4.78 is 1.81. The summed E-state index contributed by atoms with van der Waals surface area (Å²) in [5.74, 6) is 0.609. The van der Waals surface area contributed by atoms with E-state index in [1.54, 1.807) is 0 Å². The fourth-order valence-corrected chi connectivity index (χ4v) is 3.72. The van der Waals surface area contributed by atoms with Gasteiger partial charge in [0.15, 0.2) is 0 Å². The molecule has 1 aliphatic rings. The van der Waals surface area contributed by atoms with Crippen molar-refractivity contribution in [3.8, 4) is 0 Å². The Bertz CT molecular complexity index is 464. The first-order valence-electron chi connectivity index (χ1n) is 5.87. The number of alkyl halides is 1. The maximum atomic E-state index is 12.4. The van der Waals surface area contributed by atoms with Crippen LogP contribution < -0.4 is 0 Å². The van der Waals surface area contributed by atoms with Crippen LogP contribution in [0.2, 0.25) is 0 Å². The normalized spacial score (nSPS) is 24.1. The Morgan fingerprint density at radius 3 is 2.72 bits per heavy atom. The van der Waals surface area contributed by atoms with E-state index in [1.807, 2.05) is 23.1 Å². The van der Waals surface area contributed by atoms with E-state index >= 15 is 0 Å². The van der Waals surface area contributed by atoms with E-state index in [-0.39, 0.29) is 5.91 Å². The fourth-order valence-electron chi connectivity index (χ4n) is 2.13. The highest BCUT2D eigenvalue weighted by Crippen LogP contribution is 2.27. The van der Waals surface area contributed by atoms with Crippen LogP contribution in [0.25, 0.3) is 0 Å². The smallest absolute Gasteiger partial charge is 0.255 e. The van der Waals surface area contributed by atoms with Crippen molar-refractivity contribution in [3.63, 3.8) is 0 Å². The topological polar surface area (TPSA) is 20.3 Å². The highest BCUT2D eigenvalue weighted by atomic mass is 79.9. The lowest BCUT2D eigenvalue weighted by molar-refractivity contribution is 0.0689. The van der Waals surface area contributed by atoms with Gasteiger partial charge >= 0.3 is 0 Å². The van der Waals surface area contributed by atoms with Crippen molar-refractivity contribution in [3.05, 3.63) is 32.7 Å². The molecule has 2 unspecified atom stereocenters. The van der Waals surface area contributed by atoms with Gasteiger partial charge in [0.1, 0.15) is 0 Å². The first-order valence-corrected chi connectivity index (χ1v) is 8.37. The van der Waals surface area contributed by atoms with E-state index < -0.39 is 0 Å². The van der Waals surface area contributed by atoms with Crippen molar-refractivity contribution >= 4 is 53.7 Å². The third-order valence-electron chi connectivity index (χ3n) is 3.25. The maximum Gasteiger partial charge on any atom is 0.255 e. The predicted molar refractivity (Wildman–Crippen MR) is 84.2 cm³/mol. The number of benzene rings is 1. The second kappa shape index (κ2) is 6.06. The molecular weight excluding hydrogens is 426 g/mol. The SMILES string of the molecule is CC1CN(C(=O)c2ccc(Br)cc2Br)CCC1Br. The standard InChI is InChI=1S/C13H14Br3NO/c1-8-7-17(5-4-11(8)15)13(18)10-3-2-9(14)6-12(10)16/h2-3,6,8,11H,4-5,7H2,1H3. The molecule has 0 saturated carbocycles. The maximum absolute atomic E-state index is 12.4. The molecule has 1 saturated heterocycles. The number of rotatable bonds is 1. The molecule has 0 aliphatic carbocycles. The molecule has 5 heteroatoms.